The van der Waals surface area contributed by atoms with Gasteiger partial charge in [-0.3, -0.25) is 0 Å². The maximum absolute atomic E-state index is 13.6. The van der Waals surface area contributed by atoms with Gasteiger partial charge >= 0.3 is 0 Å². The number of benzene rings is 1. The maximum Gasteiger partial charge on any atom is 0.154 e. The number of halogens is 1. The van der Waals surface area contributed by atoms with Gasteiger partial charge in [0.2, 0.25) is 0 Å². The number of nitrogens with one attached hydrogen (secondary N) is 1. The lowest BCUT2D eigenvalue weighted by Gasteiger charge is -2.16. The van der Waals surface area contributed by atoms with Crippen LogP contribution in [0.25, 0.3) is 17.0 Å². The normalized spacial score (nSPS) is 16.0. The van der Waals surface area contributed by atoms with Gasteiger partial charge < -0.3 is 15.5 Å². The molecular weight excluding hydrogens is 389 g/mol. The summed E-state index contributed by atoms with van der Waals surface area (Å²) in [6, 6.07) is 7.02. The third-order valence-corrected chi connectivity index (χ3v) is 5.55. The summed E-state index contributed by atoms with van der Waals surface area (Å²) in [7, 11) is 0. The lowest BCUT2D eigenvalue weighted by molar-refractivity contribution is 0.200. The summed E-state index contributed by atoms with van der Waals surface area (Å²) >= 11 is 0. The zero-order valence-corrected chi connectivity index (χ0v) is 16.2. The van der Waals surface area contributed by atoms with Crippen molar-refractivity contribution < 1.29 is 14.6 Å². The second kappa shape index (κ2) is 6.77. The van der Waals surface area contributed by atoms with E-state index in [1.807, 2.05) is 6.92 Å². The average Bonchev–Trinajstić information content (AvgIpc) is 3.18. The summed E-state index contributed by atoms with van der Waals surface area (Å²) in [5.41, 5.74) is 1.99. The first-order valence-corrected chi connectivity index (χ1v) is 9.63. The fourth-order valence-electron chi connectivity index (χ4n) is 3.51. The van der Waals surface area contributed by atoms with Crippen LogP contribution in [0.5, 0.6) is 5.75 Å². The molecule has 1 aliphatic rings. The number of phenolic OH excluding ortho intramolecular Hbond substituents is 1. The molecule has 0 spiro atoms. The molecule has 1 fully saturated rings. The molecule has 1 aliphatic carbocycles. The van der Waals surface area contributed by atoms with Crippen LogP contribution in [0.4, 0.5) is 10.2 Å². The van der Waals surface area contributed by atoms with Gasteiger partial charge in [-0.1, -0.05) is 5.21 Å². The molecule has 0 amide bonds. The van der Waals surface area contributed by atoms with E-state index in [0.29, 0.717) is 28.4 Å². The molecule has 4 aromatic rings. The van der Waals surface area contributed by atoms with E-state index in [9.17, 15) is 14.6 Å². The first-order valence-electron chi connectivity index (χ1n) is 9.63. The predicted octanol–water partition coefficient (Wildman–Crippen LogP) is 2.49. The fourth-order valence-corrected chi connectivity index (χ4v) is 3.51. The highest BCUT2D eigenvalue weighted by Crippen LogP contribution is 2.42. The van der Waals surface area contributed by atoms with Crippen LogP contribution in [0.3, 0.4) is 0 Å². The van der Waals surface area contributed by atoms with Crippen molar-refractivity contribution in [1.29, 1.82) is 0 Å². The van der Waals surface area contributed by atoms with Crippen molar-refractivity contribution in [1.82, 2.24) is 29.6 Å². The topological polar surface area (TPSA) is 113 Å². The second-order valence-electron chi connectivity index (χ2n) is 7.63. The van der Waals surface area contributed by atoms with Crippen LogP contribution in [0.1, 0.15) is 31.4 Å². The standard InChI is InChI=1S/C20H20FN7O2/c1-12(14-8-13(21)2-3-17(14)30)23-18-4-5-19-22-9-16(28(19)25-18)15-10-27(26-24-15)20(11-29)6-7-20/h2-5,8-10,12,29-30H,6-7,11H2,1H3,(H,23,25)/t12-/m1/s1. The van der Waals surface area contributed by atoms with Gasteiger partial charge in [0.05, 0.1) is 30.6 Å². The van der Waals surface area contributed by atoms with Gasteiger partial charge in [0.15, 0.2) is 5.65 Å². The van der Waals surface area contributed by atoms with E-state index in [2.05, 4.69) is 25.7 Å². The molecule has 0 saturated heterocycles. The van der Waals surface area contributed by atoms with Crippen LogP contribution < -0.4 is 5.32 Å². The number of phenols is 1. The quantitative estimate of drug-likeness (QED) is 0.448. The minimum Gasteiger partial charge on any atom is -0.508 e. The SMILES string of the molecule is C[C@@H](Nc1ccc2ncc(-c3cn(C4(CO)CC4)nn3)n2n1)c1cc(F)ccc1O. The van der Waals surface area contributed by atoms with Crippen molar-refractivity contribution in [2.75, 3.05) is 11.9 Å². The number of imidazole rings is 1. The molecule has 5 rings (SSSR count). The number of rotatable bonds is 6. The minimum atomic E-state index is -0.420. The van der Waals surface area contributed by atoms with E-state index in [1.165, 1.54) is 18.2 Å². The van der Waals surface area contributed by atoms with Crippen molar-refractivity contribution in [2.45, 2.75) is 31.3 Å². The Bertz CT molecular complexity index is 1230. The third-order valence-electron chi connectivity index (χ3n) is 5.55. The maximum atomic E-state index is 13.6. The van der Waals surface area contributed by atoms with Crippen LogP contribution in [0, 0.1) is 5.82 Å². The number of nitrogens with zero attached hydrogens (tertiary/aromatic N) is 6. The number of fused-ring (bicyclic) bond motifs is 1. The van der Waals surface area contributed by atoms with E-state index in [1.54, 1.807) is 33.7 Å². The largest absolute Gasteiger partial charge is 0.508 e. The first kappa shape index (κ1) is 18.5. The molecule has 30 heavy (non-hydrogen) atoms. The number of aromatic nitrogens is 6. The first-order chi connectivity index (χ1) is 14.5. The predicted molar refractivity (Wildman–Crippen MR) is 106 cm³/mol. The zero-order valence-electron chi connectivity index (χ0n) is 16.2. The Hall–Kier alpha value is -3.53. The van der Waals surface area contributed by atoms with E-state index in [4.69, 9.17) is 0 Å². The van der Waals surface area contributed by atoms with Gasteiger partial charge in [-0.2, -0.15) is 0 Å². The molecule has 1 atom stereocenters. The smallest absolute Gasteiger partial charge is 0.154 e. The fraction of sp³-hybridized carbons (Fsp3) is 0.300. The van der Waals surface area contributed by atoms with Gasteiger partial charge in [0.1, 0.15) is 28.8 Å². The number of aliphatic hydroxyl groups excluding tert-OH is 1. The summed E-state index contributed by atoms with van der Waals surface area (Å²) in [5.74, 6) is 0.116. The Morgan fingerprint density at radius 3 is 2.87 bits per heavy atom. The van der Waals surface area contributed by atoms with Gasteiger partial charge in [0, 0.05) is 5.56 Å². The Labute approximate surface area is 170 Å². The van der Waals surface area contributed by atoms with Crippen molar-refractivity contribution >= 4 is 11.5 Å². The summed E-state index contributed by atoms with van der Waals surface area (Å²) in [6.45, 7) is 1.84. The number of hydrogen-bond acceptors (Lipinski definition) is 7. The van der Waals surface area contributed by atoms with E-state index >= 15 is 0 Å². The zero-order chi connectivity index (χ0) is 20.9. The van der Waals surface area contributed by atoms with Crippen LogP contribution in [-0.4, -0.2) is 46.4 Å². The molecule has 1 saturated carbocycles. The third kappa shape index (κ3) is 3.05. The van der Waals surface area contributed by atoms with Crippen LogP contribution in [0.2, 0.25) is 0 Å². The monoisotopic (exact) mass is 409 g/mol. The summed E-state index contributed by atoms with van der Waals surface area (Å²) in [6.07, 6.45) is 5.20. The van der Waals surface area contributed by atoms with E-state index in [-0.39, 0.29) is 23.9 Å². The van der Waals surface area contributed by atoms with E-state index < -0.39 is 5.82 Å². The van der Waals surface area contributed by atoms with Crippen molar-refractivity contribution in [3.63, 3.8) is 0 Å². The molecule has 0 unspecified atom stereocenters. The summed E-state index contributed by atoms with van der Waals surface area (Å²) in [4.78, 5) is 4.36. The molecule has 0 radical (unpaired) electrons. The average molecular weight is 409 g/mol. The van der Waals surface area contributed by atoms with Crippen LogP contribution >= 0.6 is 0 Å². The molecular formula is C20H20FN7O2. The molecule has 10 heteroatoms. The lowest BCUT2D eigenvalue weighted by Crippen LogP contribution is -2.21. The minimum absolute atomic E-state index is 0.00954. The Kier molecular flexibility index (Phi) is 4.17. The van der Waals surface area contributed by atoms with Crippen LogP contribution in [0.15, 0.2) is 42.7 Å². The van der Waals surface area contributed by atoms with Crippen molar-refractivity contribution in [3.05, 3.63) is 54.1 Å². The van der Waals surface area contributed by atoms with Gasteiger partial charge in [-0.05, 0) is 50.1 Å². The second-order valence-corrected chi connectivity index (χ2v) is 7.63. The summed E-state index contributed by atoms with van der Waals surface area (Å²) in [5, 5.41) is 35.8. The highest BCUT2D eigenvalue weighted by molar-refractivity contribution is 5.59. The Morgan fingerprint density at radius 1 is 1.27 bits per heavy atom. The highest BCUT2D eigenvalue weighted by atomic mass is 19.1. The Morgan fingerprint density at radius 2 is 2.10 bits per heavy atom. The molecule has 9 nitrogen and oxygen atoms in total. The van der Waals surface area contributed by atoms with Crippen molar-refractivity contribution in [2.24, 2.45) is 0 Å². The van der Waals surface area contributed by atoms with Crippen LogP contribution in [-0.2, 0) is 5.54 Å². The number of hydrogen-bond donors (Lipinski definition) is 3. The number of anilines is 1. The van der Waals surface area contributed by atoms with Gasteiger partial charge in [-0.25, -0.2) is 18.6 Å². The molecule has 3 N–H and O–H groups in total. The van der Waals surface area contributed by atoms with E-state index in [0.717, 1.165) is 12.8 Å². The number of aliphatic hydroxyl groups is 1. The molecule has 154 valence electrons. The highest BCUT2D eigenvalue weighted by Gasteiger charge is 2.45. The lowest BCUT2D eigenvalue weighted by atomic mass is 10.1. The molecule has 3 aromatic heterocycles. The molecule has 1 aromatic carbocycles. The molecule has 3 heterocycles. The number of aromatic hydroxyl groups is 1. The van der Waals surface area contributed by atoms with Gasteiger partial charge in [-0.15, -0.1) is 10.2 Å². The Balaban J connectivity index is 1.45. The van der Waals surface area contributed by atoms with Gasteiger partial charge in [0.25, 0.3) is 0 Å². The van der Waals surface area contributed by atoms with Crippen molar-refractivity contribution in [3.8, 4) is 17.1 Å². The summed E-state index contributed by atoms with van der Waals surface area (Å²) < 4.78 is 16.9. The molecule has 0 aliphatic heterocycles. The molecule has 0 bridgehead atoms.